The molecule has 0 saturated carbocycles. The van der Waals surface area contributed by atoms with E-state index in [1.165, 1.54) is 12.4 Å². The van der Waals surface area contributed by atoms with Crippen molar-refractivity contribution in [1.82, 2.24) is 30.4 Å². The van der Waals surface area contributed by atoms with Crippen molar-refractivity contribution in [3.05, 3.63) is 53.6 Å². The van der Waals surface area contributed by atoms with Gasteiger partial charge < -0.3 is 15.4 Å². The Labute approximate surface area is 227 Å². The van der Waals surface area contributed by atoms with Crippen molar-refractivity contribution in [3.63, 3.8) is 0 Å². The SMILES string of the molecule is O=C(Nc1cc(F)cc(C(F)(F)F)c1)Nc1ncc(-c2cc(C(=O)NCCN3CCOCC3)c3cn[nH]c3n2)s1. The number of hydrogen-bond donors (Lipinski definition) is 4. The third-order valence-electron chi connectivity index (χ3n) is 5.95. The number of aromatic nitrogens is 4. The van der Waals surface area contributed by atoms with E-state index in [1.54, 1.807) is 6.07 Å². The number of aromatic amines is 1. The number of benzene rings is 1. The molecule has 3 aromatic heterocycles. The number of rotatable bonds is 7. The van der Waals surface area contributed by atoms with Gasteiger partial charge >= 0.3 is 12.2 Å². The molecule has 3 amide bonds. The molecular weight excluding hydrogens is 556 g/mol. The van der Waals surface area contributed by atoms with Gasteiger partial charge in [0, 0.05) is 38.1 Å². The monoisotopic (exact) mass is 578 g/mol. The lowest BCUT2D eigenvalue weighted by molar-refractivity contribution is -0.137. The molecule has 0 bridgehead atoms. The molecule has 4 aromatic rings. The molecule has 0 atom stereocenters. The highest BCUT2D eigenvalue weighted by Gasteiger charge is 2.31. The quantitative estimate of drug-likeness (QED) is 0.244. The van der Waals surface area contributed by atoms with Crippen LogP contribution in [0.15, 0.2) is 36.7 Å². The molecule has 0 aliphatic carbocycles. The molecule has 16 heteroatoms. The normalized spacial score (nSPS) is 14.3. The third kappa shape index (κ3) is 6.52. The number of H-pyrrole nitrogens is 1. The number of hydrogen-bond acceptors (Lipinski definition) is 8. The highest BCUT2D eigenvalue weighted by molar-refractivity contribution is 7.19. The van der Waals surface area contributed by atoms with Crippen molar-refractivity contribution in [2.24, 2.45) is 0 Å². The molecule has 40 heavy (non-hydrogen) atoms. The number of ether oxygens (including phenoxy) is 1. The molecule has 0 unspecified atom stereocenters. The Balaban J connectivity index is 1.27. The maximum absolute atomic E-state index is 13.6. The summed E-state index contributed by atoms with van der Waals surface area (Å²) >= 11 is 1.02. The molecule has 210 valence electrons. The summed E-state index contributed by atoms with van der Waals surface area (Å²) in [5.41, 5.74) is -0.496. The van der Waals surface area contributed by atoms with Gasteiger partial charge in [0.1, 0.15) is 5.82 Å². The summed E-state index contributed by atoms with van der Waals surface area (Å²) < 4.78 is 57.8. The van der Waals surface area contributed by atoms with Gasteiger partial charge in [0.25, 0.3) is 5.91 Å². The van der Waals surface area contributed by atoms with Crippen molar-refractivity contribution in [2.45, 2.75) is 6.18 Å². The van der Waals surface area contributed by atoms with Gasteiger partial charge in [0.15, 0.2) is 10.8 Å². The van der Waals surface area contributed by atoms with Gasteiger partial charge in [-0.1, -0.05) is 11.3 Å². The highest BCUT2D eigenvalue weighted by Crippen LogP contribution is 2.32. The lowest BCUT2D eigenvalue weighted by Gasteiger charge is -2.26. The number of nitrogens with one attached hydrogen (secondary N) is 4. The summed E-state index contributed by atoms with van der Waals surface area (Å²) in [6, 6.07) is 2.38. The Morgan fingerprint density at radius 2 is 1.90 bits per heavy atom. The van der Waals surface area contributed by atoms with Crippen LogP contribution < -0.4 is 16.0 Å². The summed E-state index contributed by atoms with van der Waals surface area (Å²) in [5.74, 6) is -1.46. The van der Waals surface area contributed by atoms with Crippen molar-refractivity contribution in [2.75, 3.05) is 50.0 Å². The zero-order valence-corrected chi connectivity index (χ0v) is 21.5. The molecule has 0 radical (unpaired) electrons. The molecule has 1 saturated heterocycles. The van der Waals surface area contributed by atoms with Crippen molar-refractivity contribution in [3.8, 4) is 10.6 Å². The standard InChI is InChI=1S/C24H22F4N8O3S/c25-14-7-13(24(26,27)28)8-15(9-14)32-22(38)34-23-30-12-19(40-23)18-10-16(17-11-31-35-20(17)33-18)21(37)29-1-2-36-3-5-39-6-4-36/h7-12H,1-6H2,(H,29,37)(H,31,33,35)(H2,30,32,34,38). The first kappa shape index (κ1) is 27.4. The maximum Gasteiger partial charge on any atom is 0.416 e. The first-order valence-corrected chi connectivity index (χ1v) is 12.8. The van der Waals surface area contributed by atoms with Crippen molar-refractivity contribution in [1.29, 1.82) is 0 Å². The number of halogens is 4. The lowest BCUT2D eigenvalue weighted by atomic mass is 10.1. The summed E-state index contributed by atoms with van der Waals surface area (Å²) in [6.45, 7) is 4.05. The number of amides is 3. The molecule has 1 aliphatic rings. The number of carbonyl (C=O) groups is 2. The fraction of sp³-hybridized carbons (Fsp3) is 0.292. The molecular formula is C24H22F4N8O3S. The van der Waals surface area contributed by atoms with Crippen LogP contribution in [0.5, 0.6) is 0 Å². The zero-order chi connectivity index (χ0) is 28.3. The number of morpholine rings is 1. The van der Waals surface area contributed by atoms with Crippen LogP contribution >= 0.6 is 11.3 Å². The van der Waals surface area contributed by atoms with Crippen LogP contribution in [0.4, 0.5) is 33.2 Å². The number of thiazole rings is 1. The van der Waals surface area contributed by atoms with Crippen LogP contribution in [0.1, 0.15) is 15.9 Å². The van der Waals surface area contributed by atoms with E-state index >= 15 is 0 Å². The van der Waals surface area contributed by atoms with Gasteiger partial charge in [-0.15, -0.1) is 0 Å². The number of carbonyl (C=O) groups excluding carboxylic acids is 2. The largest absolute Gasteiger partial charge is 0.416 e. The number of urea groups is 1. The van der Waals surface area contributed by atoms with E-state index < -0.39 is 23.6 Å². The van der Waals surface area contributed by atoms with Gasteiger partial charge in [-0.05, 0) is 24.3 Å². The van der Waals surface area contributed by atoms with E-state index in [0.717, 1.165) is 30.5 Å². The molecule has 1 aliphatic heterocycles. The Kier molecular flexibility index (Phi) is 7.90. The van der Waals surface area contributed by atoms with Gasteiger partial charge in [0.05, 0.1) is 46.5 Å². The first-order valence-electron chi connectivity index (χ1n) is 12.0. The second-order valence-electron chi connectivity index (χ2n) is 8.73. The van der Waals surface area contributed by atoms with Gasteiger partial charge in [-0.2, -0.15) is 18.3 Å². The Morgan fingerprint density at radius 1 is 1.10 bits per heavy atom. The van der Waals surface area contributed by atoms with E-state index in [4.69, 9.17) is 4.74 Å². The molecule has 11 nitrogen and oxygen atoms in total. The zero-order valence-electron chi connectivity index (χ0n) is 20.6. The molecule has 4 N–H and O–H groups in total. The molecule has 0 spiro atoms. The van der Waals surface area contributed by atoms with Crippen LogP contribution in [0.25, 0.3) is 21.6 Å². The molecule has 1 fully saturated rings. The van der Waals surface area contributed by atoms with Crippen molar-refractivity contribution >= 4 is 45.1 Å². The highest BCUT2D eigenvalue weighted by atomic mass is 32.1. The number of alkyl halides is 3. The average Bonchev–Trinajstić information content (AvgIpc) is 3.57. The topological polar surface area (TPSA) is 137 Å². The van der Waals surface area contributed by atoms with E-state index in [2.05, 4.69) is 41.0 Å². The predicted octanol–water partition coefficient (Wildman–Crippen LogP) is 3.95. The predicted molar refractivity (Wildman–Crippen MR) is 139 cm³/mol. The number of nitrogens with zero attached hydrogens (tertiary/aromatic N) is 4. The number of fused-ring (bicyclic) bond motifs is 1. The minimum Gasteiger partial charge on any atom is -0.379 e. The third-order valence-corrected chi connectivity index (χ3v) is 6.88. The smallest absolute Gasteiger partial charge is 0.379 e. The van der Waals surface area contributed by atoms with E-state index in [0.29, 0.717) is 65.6 Å². The molecule has 4 heterocycles. The van der Waals surface area contributed by atoms with Crippen LogP contribution in [-0.4, -0.2) is 76.4 Å². The van der Waals surface area contributed by atoms with Crippen LogP contribution in [0.3, 0.4) is 0 Å². The summed E-state index contributed by atoms with van der Waals surface area (Å²) in [7, 11) is 0. The van der Waals surface area contributed by atoms with Crippen molar-refractivity contribution < 1.29 is 31.9 Å². The molecule has 1 aromatic carbocycles. The minimum atomic E-state index is -4.78. The van der Waals surface area contributed by atoms with E-state index in [1.807, 2.05) is 0 Å². The Bertz CT molecular complexity index is 1530. The number of pyridine rings is 1. The summed E-state index contributed by atoms with van der Waals surface area (Å²) in [5, 5.41) is 14.8. The lowest BCUT2D eigenvalue weighted by Crippen LogP contribution is -2.41. The van der Waals surface area contributed by atoms with Gasteiger partial charge in [-0.3, -0.25) is 20.1 Å². The first-order chi connectivity index (χ1) is 19.2. The fourth-order valence-corrected chi connectivity index (χ4v) is 4.80. The second-order valence-corrected chi connectivity index (χ2v) is 9.76. The van der Waals surface area contributed by atoms with Crippen LogP contribution in [-0.2, 0) is 10.9 Å². The maximum atomic E-state index is 13.6. The Morgan fingerprint density at radius 3 is 2.67 bits per heavy atom. The molecule has 5 rings (SSSR count). The minimum absolute atomic E-state index is 0.1000. The Hall–Kier alpha value is -4.15. The summed E-state index contributed by atoms with van der Waals surface area (Å²) in [4.78, 5) is 36.6. The van der Waals surface area contributed by atoms with Gasteiger partial charge in [0.2, 0.25) is 0 Å². The fourth-order valence-electron chi connectivity index (χ4n) is 4.03. The van der Waals surface area contributed by atoms with E-state index in [-0.39, 0.29) is 16.7 Å². The number of anilines is 2. The van der Waals surface area contributed by atoms with Gasteiger partial charge in [-0.25, -0.2) is 19.2 Å². The van der Waals surface area contributed by atoms with E-state index in [9.17, 15) is 27.2 Å². The van der Waals surface area contributed by atoms with Crippen LogP contribution in [0.2, 0.25) is 0 Å². The second kappa shape index (κ2) is 11.5. The summed E-state index contributed by atoms with van der Waals surface area (Å²) in [6.07, 6.45) is -1.85. The van der Waals surface area contributed by atoms with Crippen LogP contribution in [0, 0.1) is 5.82 Å². The average molecular weight is 579 g/mol.